The highest BCUT2D eigenvalue weighted by Gasteiger charge is 2.36. The Hall–Kier alpha value is -3.11. The minimum Gasteiger partial charge on any atom is -0.490 e. The van der Waals surface area contributed by atoms with Gasteiger partial charge in [-0.3, -0.25) is 9.69 Å². The molecular weight excluding hydrogens is 544 g/mol. The number of hydrogen-bond donors (Lipinski definition) is 0. The third-order valence-corrected chi connectivity index (χ3v) is 6.52. The number of halogens is 1. The zero-order valence-electron chi connectivity index (χ0n) is 20.4. The van der Waals surface area contributed by atoms with Crippen LogP contribution >= 0.6 is 27.7 Å². The van der Waals surface area contributed by atoms with Crippen LogP contribution in [-0.2, 0) is 4.79 Å². The lowest BCUT2D eigenvalue weighted by Gasteiger charge is -2.31. The monoisotopic (exact) mass is 570 g/mol. The van der Waals surface area contributed by atoms with E-state index in [4.69, 9.17) is 14.2 Å². The number of hydrogen-bond acceptors (Lipinski definition) is 8. The molecule has 4 rings (SSSR count). The van der Waals surface area contributed by atoms with Crippen LogP contribution in [0.1, 0.15) is 38.5 Å². The number of thioether (sulfide) groups is 1. The molecule has 0 fully saturated rings. The number of amides is 1. The van der Waals surface area contributed by atoms with Crippen molar-refractivity contribution in [1.82, 2.24) is 15.2 Å². The predicted molar refractivity (Wildman–Crippen MR) is 144 cm³/mol. The van der Waals surface area contributed by atoms with Crippen LogP contribution in [0.2, 0.25) is 0 Å². The lowest BCUT2D eigenvalue weighted by Crippen LogP contribution is -2.37. The van der Waals surface area contributed by atoms with Gasteiger partial charge in [-0.1, -0.05) is 49.5 Å². The summed E-state index contributed by atoms with van der Waals surface area (Å²) in [7, 11) is 0. The molecule has 8 nitrogen and oxygen atoms in total. The maximum absolute atomic E-state index is 13.6. The van der Waals surface area contributed by atoms with E-state index in [9.17, 15) is 4.79 Å². The molecule has 2 heterocycles. The smallest absolute Gasteiger partial charge is 0.247 e. The van der Waals surface area contributed by atoms with Gasteiger partial charge in [-0.05, 0) is 53.7 Å². The molecule has 0 aliphatic carbocycles. The van der Waals surface area contributed by atoms with Gasteiger partial charge in [0.15, 0.2) is 17.2 Å². The Labute approximate surface area is 223 Å². The van der Waals surface area contributed by atoms with Gasteiger partial charge in [0.25, 0.3) is 0 Å². The average molecular weight is 571 g/mol. The van der Waals surface area contributed by atoms with Crippen molar-refractivity contribution in [2.24, 2.45) is 0 Å². The lowest BCUT2D eigenvalue weighted by atomic mass is 10.1. The SMILES string of the molecule is C=CCOc1c(Br)cc([C@H]2Oc3nc(SC)nnc3-c3ccccc3N2C(=O)CCC)cc1OCC. The number of aromatic nitrogens is 3. The van der Waals surface area contributed by atoms with Crippen molar-refractivity contribution >= 4 is 39.3 Å². The second-order valence-electron chi connectivity index (χ2n) is 7.82. The first-order valence-corrected chi connectivity index (χ1v) is 13.6. The highest BCUT2D eigenvalue weighted by Crippen LogP contribution is 2.46. The van der Waals surface area contributed by atoms with Gasteiger partial charge in [-0.2, -0.15) is 4.98 Å². The van der Waals surface area contributed by atoms with Gasteiger partial charge in [0, 0.05) is 17.5 Å². The van der Waals surface area contributed by atoms with E-state index < -0.39 is 6.23 Å². The second-order valence-corrected chi connectivity index (χ2v) is 9.44. The molecule has 36 heavy (non-hydrogen) atoms. The van der Waals surface area contributed by atoms with Crippen LogP contribution < -0.4 is 19.1 Å². The Bertz CT molecular complexity index is 1270. The van der Waals surface area contributed by atoms with E-state index in [0.717, 1.165) is 5.56 Å². The van der Waals surface area contributed by atoms with Crippen molar-refractivity contribution in [3.63, 3.8) is 0 Å². The molecule has 1 atom stereocenters. The van der Waals surface area contributed by atoms with Crippen molar-refractivity contribution in [2.75, 3.05) is 24.4 Å². The number of anilines is 1. The molecule has 0 spiro atoms. The fraction of sp³-hybridized carbons (Fsp3) is 0.308. The zero-order chi connectivity index (χ0) is 25.7. The zero-order valence-corrected chi connectivity index (χ0v) is 22.8. The summed E-state index contributed by atoms with van der Waals surface area (Å²) in [6.45, 7) is 8.35. The van der Waals surface area contributed by atoms with Crippen LogP contribution in [0.3, 0.4) is 0 Å². The van der Waals surface area contributed by atoms with Crippen LogP contribution in [0.25, 0.3) is 11.3 Å². The molecule has 0 radical (unpaired) electrons. The Morgan fingerprint density at radius 1 is 1.25 bits per heavy atom. The van der Waals surface area contributed by atoms with E-state index in [1.54, 1.807) is 11.0 Å². The highest BCUT2D eigenvalue weighted by atomic mass is 79.9. The predicted octanol–water partition coefficient (Wildman–Crippen LogP) is 6.21. The maximum atomic E-state index is 13.6. The first-order chi connectivity index (χ1) is 17.5. The number of para-hydroxylation sites is 1. The topological polar surface area (TPSA) is 86.7 Å². The fourth-order valence-corrected chi connectivity index (χ4v) is 4.77. The summed E-state index contributed by atoms with van der Waals surface area (Å²) in [6.07, 6.45) is 3.74. The lowest BCUT2D eigenvalue weighted by molar-refractivity contribution is -0.120. The Kier molecular flexibility index (Phi) is 8.48. The molecular formula is C26H27BrN4O4S. The molecule has 0 unspecified atom stereocenters. The van der Waals surface area contributed by atoms with Crippen molar-refractivity contribution in [2.45, 2.75) is 38.1 Å². The molecule has 188 valence electrons. The summed E-state index contributed by atoms with van der Waals surface area (Å²) in [6, 6.07) is 11.3. The summed E-state index contributed by atoms with van der Waals surface area (Å²) in [5.41, 5.74) is 2.57. The van der Waals surface area contributed by atoms with Crippen molar-refractivity contribution in [1.29, 1.82) is 0 Å². The van der Waals surface area contributed by atoms with E-state index in [1.165, 1.54) is 11.8 Å². The minimum atomic E-state index is -0.832. The van der Waals surface area contributed by atoms with E-state index in [-0.39, 0.29) is 5.91 Å². The number of fused-ring (bicyclic) bond motifs is 3. The van der Waals surface area contributed by atoms with Gasteiger partial charge in [-0.25, -0.2) is 0 Å². The largest absolute Gasteiger partial charge is 0.490 e. The van der Waals surface area contributed by atoms with Crippen LogP contribution in [0.15, 0.2) is 58.7 Å². The molecule has 0 N–H and O–H groups in total. The first-order valence-electron chi connectivity index (χ1n) is 11.6. The maximum Gasteiger partial charge on any atom is 0.247 e. The standard InChI is InChI=1S/C26H27BrN4O4S/c1-5-10-21(32)31-19-12-9-8-11-17(19)22-24(28-26(36-4)30-29-22)35-25(31)16-14-18(27)23(34-13-6-2)20(15-16)33-7-3/h6,8-9,11-12,14-15,25H,2,5,7,10,13H2,1,3-4H3/t25-/m1/s1. The van der Waals surface area contributed by atoms with Crippen LogP contribution in [0, 0.1) is 0 Å². The number of rotatable bonds is 9. The molecule has 3 aromatic rings. The summed E-state index contributed by atoms with van der Waals surface area (Å²) < 4.78 is 18.9. The van der Waals surface area contributed by atoms with E-state index >= 15 is 0 Å². The summed E-state index contributed by atoms with van der Waals surface area (Å²) in [5, 5.41) is 9.10. The number of benzene rings is 2. The number of ether oxygens (including phenoxy) is 3. The number of carbonyl (C=O) groups excluding carboxylic acids is 1. The molecule has 0 saturated heterocycles. The molecule has 1 aromatic heterocycles. The molecule has 1 aliphatic heterocycles. The number of carbonyl (C=O) groups is 1. The molecule has 1 amide bonds. The third-order valence-electron chi connectivity index (χ3n) is 5.39. The van der Waals surface area contributed by atoms with Gasteiger partial charge in [0.1, 0.15) is 6.61 Å². The van der Waals surface area contributed by atoms with Gasteiger partial charge >= 0.3 is 0 Å². The fourth-order valence-electron chi connectivity index (χ4n) is 3.90. The molecule has 10 heteroatoms. The highest BCUT2D eigenvalue weighted by molar-refractivity contribution is 9.10. The van der Waals surface area contributed by atoms with E-state index in [0.29, 0.717) is 70.0 Å². The molecule has 1 aliphatic rings. The number of nitrogens with zero attached hydrogens (tertiary/aromatic N) is 4. The van der Waals surface area contributed by atoms with Crippen molar-refractivity contribution in [3.8, 4) is 28.6 Å². The minimum absolute atomic E-state index is 0.0816. The Morgan fingerprint density at radius 3 is 2.78 bits per heavy atom. The first kappa shape index (κ1) is 26.0. The van der Waals surface area contributed by atoms with Crippen LogP contribution in [0.5, 0.6) is 17.4 Å². The Balaban J connectivity index is 1.94. The quantitative estimate of drug-likeness (QED) is 0.221. The van der Waals surface area contributed by atoms with Crippen LogP contribution in [0.4, 0.5) is 5.69 Å². The van der Waals surface area contributed by atoms with E-state index in [1.807, 2.05) is 56.5 Å². The second kappa shape index (κ2) is 11.7. The van der Waals surface area contributed by atoms with E-state index in [2.05, 4.69) is 37.7 Å². The molecule has 0 bridgehead atoms. The normalized spacial score (nSPS) is 14.2. The summed E-state index contributed by atoms with van der Waals surface area (Å²) in [5.74, 6) is 1.30. The van der Waals surface area contributed by atoms with Crippen LogP contribution in [-0.4, -0.2) is 40.6 Å². The average Bonchev–Trinajstić information content (AvgIpc) is 3.02. The summed E-state index contributed by atoms with van der Waals surface area (Å²) in [4.78, 5) is 19.8. The van der Waals surface area contributed by atoms with Gasteiger partial charge in [-0.15, -0.1) is 10.2 Å². The third kappa shape index (κ3) is 5.19. The molecule has 0 saturated carbocycles. The Morgan fingerprint density at radius 2 is 2.06 bits per heavy atom. The van der Waals surface area contributed by atoms with Crippen molar-refractivity contribution in [3.05, 3.63) is 59.1 Å². The molecule has 2 aromatic carbocycles. The van der Waals surface area contributed by atoms with Gasteiger partial charge in [0.2, 0.25) is 23.2 Å². The van der Waals surface area contributed by atoms with Gasteiger partial charge in [0.05, 0.1) is 16.8 Å². The van der Waals surface area contributed by atoms with Crippen molar-refractivity contribution < 1.29 is 19.0 Å². The van der Waals surface area contributed by atoms with Gasteiger partial charge < -0.3 is 14.2 Å². The summed E-state index contributed by atoms with van der Waals surface area (Å²) >= 11 is 4.98.